The first kappa shape index (κ1) is 11.3. The van der Waals surface area contributed by atoms with E-state index in [2.05, 4.69) is 27.4 Å². The lowest BCUT2D eigenvalue weighted by atomic mass is 9.93. The van der Waals surface area contributed by atoms with Crippen LogP contribution in [0, 0.1) is 0 Å². The molecule has 0 amide bonds. The second-order valence-electron chi connectivity index (χ2n) is 4.54. The normalized spacial score (nSPS) is 18.1. The van der Waals surface area contributed by atoms with Gasteiger partial charge in [0.05, 0.1) is 13.2 Å². The summed E-state index contributed by atoms with van der Waals surface area (Å²) in [6.07, 6.45) is 4.70. The summed E-state index contributed by atoms with van der Waals surface area (Å²) in [7, 11) is 0. The highest BCUT2D eigenvalue weighted by Gasteiger charge is 2.20. The Bertz CT molecular complexity index is 496. The number of ether oxygens (including phenoxy) is 1. The number of aromatic nitrogens is 2. The molecule has 4 heteroatoms. The Morgan fingerprint density at radius 2 is 2.33 bits per heavy atom. The molecule has 0 bridgehead atoms. The number of fused-ring (bicyclic) bond motifs is 1. The van der Waals surface area contributed by atoms with Crippen molar-refractivity contribution in [2.75, 3.05) is 13.2 Å². The quantitative estimate of drug-likeness (QED) is 0.864. The van der Waals surface area contributed by atoms with Gasteiger partial charge in [-0.25, -0.2) is 4.98 Å². The van der Waals surface area contributed by atoms with Gasteiger partial charge in [0.15, 0.2) is 0 Å². The van der Waals surface area contributed by atoms with Crippen molar-refractivity contribution in [2.24, 2.45) is 0 Å². The van der Waals surface area contributed by atoms with Gasteiger partial charge in [-0.3, -0.25) is 0 Å². The molecule has 1 unspecified atom stereocenters. The van der Waals surface area contributed by atoms with Crippen LogP contribution in [0.1, 0.15) is 23.7 Å². The number of aromatic amines is 1. The van der Waals surface area contributed by atoms with Crippen LogP contribution in [0.15, 0.2) is 36.7 Å². The SMILES string of the molecule is c1ccc2c(c1)OCCC2CNCc1ncc[nH]1. The Labute approximate surface area is 106 Å². The van der Waals surface area contributed by atoms with E-state index in [0.29, 0.717) is 5.92 Å². The van der Waals surface area contributed by atoms with E-state index >= 15 is 0 Å². The summed E-state index contributed by atoms with van der Waals surface area (Å²) in [6.45, 7) is 2.55. The molecule has 2 aromatic rings. The molecule has 2 heterocycles. The maximum absolute atomic E-state index is 5.66. The Hall–Kier alpha value is -1.81. The van der Waals surface area contributed by atoms with Gasteiger partial charge in [-0.05, 0) is 18.1 Å². The molecular weight excluding hydrogens is 226 g/mol. The summed E-state index contributed by atoms with van der Waals surface area (Å²) in [5.74, 6) is 2.55. The van der Waals surface area contributed by atoms with Crippen molar-refractivity contribution < 1.29 is 4.74 Å². The third-order valence-corrected chi connectivity index (χ3v) is 3.32. The van der Waals surface area contributed by atoms with Crippen LogP contribution in [0.25, 0.3) is 0 Å². The van der Waals surface area contributed by atoms with Crippen molar-refractivity contribution in [2.45, 2.75) is 18.9 Å². The summed E-state index contributed by atoms with van der Waals surface area (Å²) in [4.78, 5) is 7.30. The molecule has 94 valence electrons. The van der Waals surface area contributed by atoms with Crippen LogP contribution in [0.3, 0.4) is 0 Å². The van der Waals surface area contributed by atoms with Crippen LogP contribution in [-0.2, 0) is 6.54 Å². The molecular formula is C14H17N3O. The molecule has 0 radical (unpaired) electrons. The van der Waals surface area contributed by atoms with Gasteiger partial charge in [-0.2, -0.15) is 0 Å². The Balaban J connectivity index is 1.60. The van der Waals surface area contributed by atoms with Crippen LogP contribution in [0.2, 0.25) is 0 Å². The van der Waals surface area contributed by atoms with Crippen molar-refractivity contribution in [3.8, 4) is 5.75 Å². The molecule has 0 aliphatic carbocycles. The summed E-state index contributed by atoms with van der Waals surface area (Å²) >= 11 is 0. The second-order valence-corrected chi connectivity index (χ2v) is 4.54. The topological polar surface area (TPSA) is 49.9 Å². The maximum atomic E-state index is 5.66. The minimum Gasteiger partial charge on any atom is -0.493 e. The smallest absolute Gasteiger partial charge is 0.122 e. The van der Waals surface area contributed by atoms with E-state index in [0.717, 1.165) is 37.7 Å². The third kappa shape index (κ3) is 2.38. The molecule has 0 saturated heterocycles. The highest BCUT2D eigenvalue weighted by atomic mass is 16.5. The predicted octanol–water partition coefficient (Wildman–Crippen LogP) is 2.07. The number of imidazole rings is 1. The lowest BCUT2D eigenvalue weighted by Gasteiger charge is -2.25. The molecule has 1 aromatic heterocycles. The molecule has 2 N–H and O–H groups in total. The fourth-order valence-corrected chi connectivity index (χ4v) is 2.39. The first-order chi connectivity index (χ1) is 8.93. The van der Waals surface area contributed by atoms with Crippen LogP contribution in [0.5, 0.6) is 5.75 Å². The van der Waals surface area contributed by atoms with E-state index in [1.807, 2.05) is 18.3 Å². The van der Waals surface area contributed by atoms with Crippen molar-refractivity contribution in [1.29, 1.82) is 0 Å². The molecule has 0 spiro atoms. The summed E-state index contributed by atoms with van der Waals surface area (Å²) in [5, 5.41) is 3.45. The van der Waals surface area contributed by atoms with Crippen molar-refractivity contribution in [3.05, 3.63) is 48.0 Å². The Morgan fingerprint density at radius 1 is 1.39 bits per heavy atom. The fourth-order valence-electron chi connectivity index (χ4n) is 2.39. The van der Waals surface area contributed by atoms with Crippen molar-refractivity contribution >= 4 is 0 Å². The minimum absolute atomic E-state index is 0.532. The molecule has 1 atom stereocenters. The Kier molecular flexibility index (Phi) is 3.28. The molecule has 3 rings (SSSR count). The number of nitrogens with one attached hydrogen (secondary N) is 2. The van der Waals surface area contributed by atoms with Gasteiger partial charge in [-0.1, -0.05) is 18.2 Å². The number of nitrogens with zero attached hydrogens (tertiary/aromatic N) is 1. The van der Waals surface area contributed by atoms with Crippen LogP contribution in [-0.4, -0.2) is 23.1 Å². The summed E-state index contributed by atoms with van der Waals surface area (Å²) in [5.41, 5.74) is 1.32. The van der Waals surface area contributed by atoms with E-state index in [1.54, 1.807) is 6.20 Å². The van der Waals surface area contributed by atoms with Gasteiger partial charge in [0, 0.05) is 24.9 Å². The highest BCUT2D eigenvalue weighted by molar-refractivity contribution is 5.37. The molecule has 18 heavy (non-hydrogen) atoms. The number of para-hydroxylation sites is 1. The third-order valence-electron chi connectivity index (χ3n) is 3.32. The van der Waals surface area contributed by atoms with Crippen molar-refractivity contribution in [1.82, 2.24) is 15.3 Å². The zero-order valence-corrected chi connectivity index (χ0v) is 10.2. The van der Waals surface area contributed by atoms with Crippen LogP contribution < -0.4 is 10.1 Å². The molecule has 1 aliphatic heterocycles. The monoisotopic (exact) mass is 243 g/mol. The van der Waals surface area contributed by atoms with Gasteiger partial charge in [-0.15, -0.1) is 0 Å². The zero-order valence-electron chi connectivity index (χ0n) is 10.2. The van der Waals surface area contributed by atoms with Gasteiger partial charge in [0.2, 0.25) is 0 Å². The molecule has 1 aromatic carbocycles. The summed E-state index contributed by atoms with van der Waals surface area (Å²) in [6, 6.07) is 8.31. The number of rotatable bonds is 4. The van der Waals surface area contributed by atoms with Gasteiger partial charge in [0.1, 0.15) is 11.6 Å². The van der Waals surface area contributed by atoms with Crippen LogP contribution >= 0.6 is 0 Å². The summed E-state index contributed by atoms with van der Waals surface area (Å²) < 4.78 is 5.66. The van der Waals surface area contributed by atoms with E-state index in [4.69, 9.17) is 4.74 Å². The largest absolute Gasteiger partial charge is 0.493 e. The van der Waals surface area contributed by atoms with Gasteiger partial charge < -0.3 is 15.0 Å². The number of benzene rings is 1. The fraction of sp³-hybridized carbons (Fsp3) is 0.357. The first-order valence-electron chi connectivity index (χ1n) is 6.34. The van der Waals surface area contributed by atoms with E-state index in [1.165, 1.54) is 5.56 Å². The van der Waals surface area contributed by atoms with Gasteiger partial charge >= 0.3 is 0 Å². The predicted molar refractivity (Wildman–Crippen MR) is 69.6 cm³/mol. The van der Waals surface area contributed by atoms with Crippen LogP contribution in [0.4, 0.5) is 0 Å². The highest BCUT2D eigenvalue weighted by Crippen LogP contribution is 2.32. The second kappa shape index (κ2) is 5.23. The van der Waals surface area contributed by atoms with Gasteiger partial charge in [0.25, 0.3) is 0 Å². The average molecular weight is 243 g/mol. The van der Waals surface area contributed by atoms with E-state index in [9.17, 15) is 0 Å². The number of hydrogen-bond donors (Lipinski definition) is 2. The number of hydrogen-bond acceptors (Lipinski definition) is 3. The first-order valence-corrected chi connectivity index (χ1v) is 6.34. The van der Waals surface area contributed by atoms with E-state index in [-0.39, 0.29) is 0 Å². The minimum atomic E-state index is 0.532. The molecule has 0 saturated carbocycles. The molecule has 1 aliphatic rings. The number of H-pyrrole nitrogens is 1. The zero-order chi connectivity index (χ0) is 12.2. The Morgan fingerprint density at radius 3 is 3.22 bits per heavy atom. The molecule has 0 fully saturated rings. The lowest BCUT2D eigenvalue weighted by Crippen LogP contribution is -2.26. The molecule has 4 nitrogen and oxygen atoms in total. The lowest BCUT2D eigenvalue weighted by molar-refractivity contribution is 0.264. The average Bonchev–Trinajstić information content (AvgIpc) is 2.92. The van der Waals surface area contributed by atoms with Crippen molar-refractivity contribution in [3.63, 3.8) is 0 Å². The van der Waals surface area contributed by atoms with E-state index < -0.39 is 0 Å². The standard InChI is InChI=1S/C14H17N3O/c1-2-4-13-12(3-1)11(5-8-18-13)9-15-10-14-16-6-7-17-14/h1-4,6-7,11,15H,5,8-10H2,(H,16,17). The maximum Gasteiger partial charge on any atom is 0.122 e.